The van der Waals surface area contributed by atoms with Crippen LogP contribution in [0.25, 0.3) is 33.3 Å². The second-order valence-corrected chi connectivity index (χ2v) is 9.57. The second kappa shape index (κ2) is 9.96. The number of aryl methyl sites for hydroxylation is 1. The Kier molecular flexibility index (Phi) is 6.34. The van der Waals surface area contributed by atoms with Crippen LogP contribution in [0.15, 0.2) is 47.0 Å². The van der Waals surface area contributed by atoms with E-state index in [1.54, 1.807) is 25.2 Å². The molecule has 1 saturated heterocycles. The highest BCUT2D eigenvalue weighted by atomic mass is 35.5. The lowest BCUT2D eigenvalue weighted by Crippen LogP contribution is -2.28. The van der Waals surface area contributed by atoms with E-state index in [4.69, 9.17) is 30.7 Å². The van der Waals surface area contributed by atoms with Crippen molar-refractivity contribution in [1.82, 2.24) is 25.3 Å². The number of nitrogens with one attached hydrogen (secondary N) is 4. The number of carbonyl (C=O) groups is 1. The molecule has 0 spiro atoms. The number of carbonyl (C=O) groups excluding carboxylic acids is 1. The molecule has 6 rings (SSSR count). The van der Waals surface area contributed by atoms with E-state index in [0.29, 0.717) is 52.8 Å². The van der Waals surface area contributed by atoms with Crippen LogP contribution >= 0.6 is 11.6 Å². The standard InChI is InChI=1S/C27H26ClN7O3/c1-14-31-21-6-3-15(12-22(21)38-14)18-13-30-24-23(18)25(32-17-7-9-37-10-8-17)35-27(34-24)33-20-5-4-16(11-19(20)28)26(36)29-2/h3-6,11-13,17H,7-10H2,1-2H3,(H,29,36)(H3,30,32,33,34,35). The lowest BCUT2D eigenvalue weighted by Gasteiger charge is -2.24. The minimum atomic E-state index is -0.211. The number of ether oxygens (including phenoxy) is 1. The molecule has 194 valence electrons. The topological polar surface area (TPSA) is 130 Å². The van der Waals surface area contributed by atoms with Gasteiger partial charge in [0.05, 0.1) is 16.1 Å². The van der Waals surface area contributed by atoms with Gasteiger partial charge in [0.1, 0.15) is 17.0 Å². The summed E-state index contributed by atoms with van der Waals surface area (Å²) in [5.41, 5.74) is 5.18. The van der Waals surface area contributed by atoms with E-state index in [1.165, 1.54) is 0 Å². The van der Waals surface area contributed by atoms with E-state index in [0.717, 1.165) is 40.5 Å². The fraction of sp³-hybridized carbons (Fsp3) is 0.259. The molecule has 5 aromatic rings. The first kappa shape index (κ1) is 24.2. The highest BCUT2D eigenvalue weighted by Crippen LogP contribution is 2.36. The number of fused-ring (bicyclic) bond motifs is 2. The van der Waals surface area contributed by atoms with Crippen LogP contribution < -0.4 is 16.0 Å². The molecule has 0 bridgehead atoms. The number of H-pyrrole nitrogens is 1. The molecule has 1 aliphatic rings. The maximum absolute atomic E-state index is 12.0. The SMILES string of the molecule is CNC(=O)c1ccc(Nc2nc(NC3CCOCC3)c3c(-c4ccc5nc(C)oc5c4)c[nH]c3n2)c(Cl)c1. The van der Waals surface area contributed by atoms with Crippen molar-refractivity contribution in [3.63, 3.8) is 0 Å². The van der Waals surface area contributed by atoms with Gasteiger partial charge in [0.15, 0.2) is 11.5 Å². The summed E-state index contributed by atoms with van der Waals surface area (Å²) in [5.74, 6) is 1.49. The van der Waals surface area contributed by atoms with Gasteiger partial charge < -0.3 is 30.1 Å². The zero-order valence-corrected chi connectivity index (χ0v) is 21.6. The minimum Gasteiger partial charge on any atom is -0.441 e. The summed E-state index contributed by atoms with van der Waals surface area (Å²) >= 11 is 6.48. The largest absolute Gasteiger partial charge is 0.441 e. The predicted octanol–water partition coefficient (Wildman–Crippen LogP) is 5.42. The van der Waals surface area contributed by atoms with Crippen LogP contribution in [0.2, 0.25) is 5.02 Å². The summed E-state index contributed by atoms with van der Waals surface area (Å²) in [5, 5.41) is 10.7. The van der Waals surface area contributed by atoms with E-state index in [2.05, 4.69) is 25.9 Å². The minimum absolute atomic E-state index is 0.211. The summed E-state index contributed by atoms with van der Waals surface area (Å²) in [6, 6.07) is 11.2. The Morgan fingerprint density at radius 2 is 1.95 bits per heavy atom. The number of benzene rings is 2. The molecule has 0 aliphatic carbocycles. The van der Waals surface area contributed by atoms with Crippen LogP contribution in [-0.2, 0) is 4.74 Å². The summed E-state index contributed by atoms with van der Waals surface area (Å²) in [4.78, 5) is 29.3. The van der Waals surface area contributed by atoms with Crippen molar-refractivity contribution in [1.29, 1.82) is 0 Å². The molecule has 4 N–H and O–H groups in total. The molecule has 0 atom stereocenters. The van der Waals surface area contributed by atoms with Crippen LogP contribution in [0.4, 0.5) is 17.5 Å². The fourth-order valence-electron chi connectivity index (χ4n) is 4.69. The normalized spacial score (nSPS) is 14.2. The summed E-state index contributed by atoms with van der Waals surface area (Å²) in [6.07, 6.45) is 3.68. The van der Waals surface area contributed by atoms with Gasteiger partial charge in [0.25, 0.3) is 5.91 Å². The van der Waals surface area contributed by atoms with E-state index in [9.17, 15) is 4.79 Å². The van der Waals surface area contributed by atoms with Gasteiger partial charge in [-0.3, -0.25) is 4.79 Å². The maximum Gasteiger partial charge on any atom is 0.251 e. The summed E-state index contributed by atoms with van der Waals surface area (Å²) < 4.78 is 11.3. The Morgan fingerprint density at radius 1 is 1.11 bits per heavy atom. The molecule has 11 heteroatoms. The number of hydrogen-bond donors (Lipinski definition) is 4. The number of hydrogen-bond acceptors (Lipinski definition) is 8. The number of rotatable bonds is 6. The fourth-order valence-corrected chi connectivity index (χ4v) is 4.91. The van der Waals surface area contributed by atoms with Crippen LogP contribution in [0.1, 0.15) is 29.1 Å². The van der Waals surface area contributed by atoms with E-state index in [-0.39, 0.29) is 11.9 Å². The van der Waals surface area contributed by atoms with E-state index < -0.39 is 0 Å². The van der Waals surface area contributed by atoms with E-state index >= 15 is 0 Å². The molecule has 1 aliphatic heterocycles. The first-order valence-corrected chi connectivity index (χ1v) is 12.8. The van der Waals surface area contributed by atoms with Crippen molar-refractivity contribution in [3.05, 3.63) is 59.1 Å². The Morgan fingerprint density at radius 3 is 2.74 bits per heavy atom. The number of aromatic nitrogens is 4. The number of amides is 1. The summed E-state index contributed by atoms with van der Waals surface area (Å²) in [7, 11) is 1.58. The highest BCUT2D eigenvalue weighted by Gasteiger charge is 2.21. The Balaban J connectivity index is 1.41. The van der Waals surface area contributed by atoms with Crippen LogP contribution in [0.3, 0.4) is 0 Å². The zero-order chi connectivity index (χ0) is 26.2. The van der Waals surface area contributed by atoms with Crippen molar-refractivity contribution in [2.24, 2.45) is 0 Å². The van der Waals surface area contributed by atoms with Crippen molar-refractivity contribution in [2.45, 2.75) is 25.8 Å². The molecule has 0 radical (unpaired) electrons. The monoisotopic (exact) mass is 531 g/mol. The molecular formula is C27H26ClN7O3. The lowest BCUT2D eigenvalue weighted by molar-refractivity contribution is 0.0904. The lowest BCUT2D eigenvalue weighted by atomic mass is 10.0. The summed E-state index contributed by atoms with van der Waals surface area (Å²) in [6.45, 7) is 3.24. The Bertz CT molecular complexity index is 1660. The molecule has 2 aromatic carbocycles. The molecule has 1 amide bonds. The molecule has 10 nitrogen and oxygen atoms in total. The number of oxazole rings is 1. The third kappa shape index (κ3) is 4.64. The van der Waals surface area contributed by atoms with Crippen LogP contribution in [0.5, 0.6) is 0 Å². The molecule has 1 fully saturated rings. The molecule has 0 saturated carbocycles. The predicted molar refractivity (Wildman–Crippen MR) is 147 cm³/mol. The molecule has 3 aromatic heterocycles. The zero-order valence-electron chi connectivity index (χ0n) is 20.9. The van der Waals surface area contributed by atoms with Crippen molar-refractivity contribution >= 4 is 57.1 Å². The van der Waals surface area contributed by atoms with E-state index in [1.807, 2.05) is 31.3 Å². The van der Waals surface area contributed by atoms with Crippen LogP contribution in [0, 0.1) is 6.92 Å². The quantitative estimate of drug-likeness (QED) is 0.228. The molecule has 4 heterocycles. The van der Waals surface area contributed by atoms with Gasteiger partial charge in [0.2, 0.25) is 5.95 Å². The van der Waals surface area contributed by atoms with Gasteiger partial charge in [-0.1, -0.05) is 17.7 Å². The second-order valence-electron chi connectivity index (χ2n) is 9.17. The van der Waals surface area contributed by atoms with Gasteiger partial charge in [0, 0.05) is 50.6 Å². The van der Waals surface area contributed by atoms with Gasteiger partial charge in [-0.2, -0.15) is 9.97 Å². The maximum atomic E-state index is 12.0. The number of anilines is 3. The smallest absolute Gasteiger partial charge is 0.251 e. The van der Waals surface area contributed by atoms with Crippen LogP contribution in [-0.4, -0.2) is 52.1 Å². The average molecular weight is 532 g/mol. The van der Waals surface area contributed by atoms with Crippen molar-refractivity contribution in [3.8, 4) is 11.1 Å². The number of halogens is 1. The van der Waals surface area contributed by atoms with Gasteiger partial charge in [-0.25, -0.2) is 4.98 Å². The van der Waals surface area contributed by atoms with Gasteiger partial charge in [-0.15, -0.1) is 0 Å². The van der Waals surface area contributed by atoms with Crippen molar-refractivity contribution < 1.29 is 13.9 Å². The Hall–Kier alpha value is -4.15. The molecule has 38 heavy (non-hydrogen) atoms. The third-order valence-electron chi connectivity index (χ3n) is 6.60. The first-order valence-electron chi connectivity index (χ1n) is 12.4. The van der Waals surface area contributed by atoms with Gasteiger partial charge in [-0.05, 0) is 48.7 Å². The molecular weight excluding hydrogens is 506 g/mol. The van der Waals surface area contributed by atoms with Crippen molar-refractivity contribution in [2.75, 3.05) is 30.9 Å². The average Bonchev–Trinajstić information content (AvgIpc) is 3.52. The third-order valence-corrected chi connectivity index (χ3v) is 6.92. The Labute approximate surface area is 223 Å². The first-order chi connectivity index (χ1) is 18.5. The number of nitrogens with zero attached hydrogens (tertiary/aromatic N) is 3. The highest BCUT2D eigenvalue weighted by molar-refractivity contribution is 6.33. The number of aromatic amines is 1. The molecule has 0 unspecified atom stereocenters. The van der Waals surface area contributed by atoms with Gasteiger partial charge >= 0.3 is 0 Å².